The monoisotopic (exact) mass is 416 g/mol. The number of carbonyl (C=O) groups excluding carboxylic acids is 2. The first-order valence-corrected chi connectivity index (χ1v) is 10.5. The minimum Gasteiger partial charge on any atom is -0.462 e. The number of hydrogen-bond donors (Lipinski definition) is 0. The van der Waals surface area contributed by atoms with E-state index >= 15 is 0 Å². The predicted octanol–water partition coefficient (Wildman–Crippen LogP) is 4.09. The number of benzene rings is 1. The number of nitrogens with zero attached hydrogens (tertiary/aromatic N) is 2. The Kier molecular flexibility index (Phi) is 10.7. The van der Waals surface area contributed by atoms with E-state index in [4.69, 9.17) is 9.47 Å². The van der Waals surface area contributed by atoms with Gasteiger partial charge in [0.25, 0.3) is 0 Å². The van der Waals surface area contributed by atoms with E-state index in [9.17, 15) is 9.59 Å². The average molecular weight is 417 g/mol. The quantitative estimate of drug-likeness (QED) is 0.178. The molecule has 1 aromatic rings. The second kappa shape index (κ2) is 12.7. The highest BCUT2D eigenvalue weighted by Crippen LogP contribution is 2.35. The highest BCUT2D eigenvalue weighted by molar-refractivity contribution is 6.21. The molecule has 0 N–H and O–H groups in total. The van der Waals surface area contributed by atoms with Crippen LogP contribution in [-0.2, 0) is 19.1 Å². The van der Waals surface area contributed by atoms with Crippen molar-refractivity contribution in [3.05, 3.63) is 52.9 Å². The largest absolute Gasteiger partial charge is 0.462 e. The SMILES string of the molecule is CCCCC(C(=C(C(=O)OCC)C(=O)OCC)c1ccccc1)=C(N(C)C)N(C)C. The highest BCUT2D eigenvalue weighted by atomic mass is 16.6. The Morgan fingerprint density at radius 1 is 0.833 bits per heavy atom. The molecule has 1 rings (SSSR count). The number of ether oxygens (including phenoxy) is 2. The third-order valence-corrected chi connectivity index (χ3v) is 4.47. The molecule has 0 bridgehead atoms. The summed E-state index contributed by atoms with van der Waals surface area (Å²) in [5, 5.41) is 0. The molecule has 6 nitrogen and oxygen atoms in total. The van der Waals surface area contributed by atoms with Gasteiger partial charge < -0.3 is 19.3 Å². The summed E-state index contributed by atoms with van der Waals surface area (Å²) in [7, 11) is 7.83. The molecular weight excluding hydrogens is 380 g/mol. The Labute approximate surface area is 181 Å². The van der Waals surface area contributed by atoms with Crippen LogP contribution in [0.25, 0.3) is 5.57 Å². The molecule has 0 aromatic heterocycles. The van der Waals surface area contributed by atoms with Gasteiger partial charge in [-0.3, -0.25) is 0 Å². The molecule has 0 saturated carbocycles. The lowest BCUT2D eigenvalue weighted by molar-refractivity contribution is -0.146. The van der Waals surface area contributed by atoms with Crippen LogP contribution < -0.4 is 0 Å². The lowest BCUT2D eigenvalue weighted by Crippen LogP contribution is -2.28. The van der Waals surface area contributed by atoms with Crippen molar-refractivity contribution in [2.45, 2.75) is 40.0 Å². The van der Waals surface area contributed by atoms with Crippen LogP contribution in [0.3, 0.4) is 0 Å². The fraction of sp³-hybridized carbons (Fsp3) is 0.500. The molecule has 166 valence electrons. The average Bonchev–Trinajstić information content (AvgIpc) is 2.69. The molecule has 0 heterocycles. The van der Waals surface area contributed by atoms with Crippen LogP contribution in [0.4, 0.5) is 0 Å². The smallest absolute Gasteiger partial charge is 0.346 e. The summed E-state index contributed by atoms with van der Waals surface area (Å²) in [5.41, 5.74) is 2.20. The Morgan fingerprint density at radius 3 is 1.73 bits per heavy atom. The van der Waals surface area contributed by atoms with E-state index in [0.717, 1.165) is 29.8 Å². The number of unbranched alkanes of at least 4 members (excludes halogenated alkanes) is 1. The maximum absolute atomic E-state index is 13.0. The Morgan fingerprint density at radius 2 is 1.33 bits per heavy atom. The molecule has 0 aliphatic heterocycles. The van der Waals surface area contributed by atoms with Gasteiger partial charge >= 0.3 is 11.9 Å². The van der Waals surface area contributed by atoms with Gasteiger partial charge in [0.2, 0.25) is 0 Å². The Bertz CT molecular complexity index is 735. The van der Waals surface area contributed by atoms with Gasteiger partial charge in [-0.15, -0.1) is 0 Å². The molecule has 0 fully saturated rings. The van der Waals surface area contributed by atoms with Crippen molar-refractivity contribution in [3.8, 4) is 0 Å². The van der Waals surface area contributed by atoms with E-state index in [1.54, 1.807) is 13.8 Å². The van der Waals surface area contributed by atoms with Gasteiger partial charge in [0.1, 0.15) is 5.82 Å². The van der Waals surface area contributed by atoms with E-state index in [0.29, 0.717) is 12.0 Å². The topological polar surface area (TPSA) is 59.1 Å². The van der Waals surface area contributed by atoms with Crippen LogP contribution in [0, 0.1) is 0 Å². The van der Waals surface area contributed by atoms with Crippen LogP contribution in [-0.4, -0.2) is 63.1 Å². The number of esters is 2. The molecule has 6 heteroatoms. The van der Waals surface area contributed by atoms with Gasteiger partial charge in [-0.2, -0.15) is 0 Å². The molecule has 0 radical (unpaired) electrons. The van der Waals surface area contributed by atoms with Crippen LogP contribution in [0.5, 0.6) is 0 Å². The van der Waals surface area contributed by atoms with E-state index in [-0.39, 0.29) is 18.8 Å². The maximum Gasteiger partial charge on any atom is 0.346 e. The van der Waals surface area contributed by atoms with E-state index < -0.39 is 11.9 Å². The van der Waals surface area contributed by atoms with Crippen molar-refractivity contribution >= 4 is 17.5 Å². The zero-order valence-corrected chi connectivity index (χ0v) is 19.4. The number of allylic oxidation sites excluding steroid dienone is 2. The molecule has 0 unspecified atom stereocenters. The summed E-state index contributed by atoms with van der Waals surface area (Å²) in [6.45, 7) is 5.91. The highest BCUT2D eigenvalue weighted by Gasteiger charge is 2.30. The lowest BCUT2D eigenvalue weighted by Gasteiger charge is -2.30. The lowest BCUT2D eigenvalue weighted by atomic mass is 9.89. The summed E-state index contributed by atoms with van der Waals surface area (Å²) in [5.74, 6) is -0.408. The second-order valence-electron chi connectivity index (χ2n) is 7.25. The van der Waals surface area contributed by atoms with Gasteiger partial charge in [-0.1, -0.05) is 43.7 Å². The molecule has 1 aromatic carbocycles. The van der Waals surface area contributed by atoms with Crippen molar-refractivity contribution in [2.75, 3.05) is 41.4 Å². The number of hydrogen-bond acceptors (Lipinski definition) is 6. The minimum absolute atomic E-state index is 0.0581. The van der Waals surface area contributed by atoms with Crippen LogP contribution in [0.15, 0.2) is 47.3 Å². The first-order chi connectivity index (χ1) is 14.3. The first kappa shape index (κ1) is 25.3. The van der Waals surface area contributed by atoms with Crippen LogP contribution in [0.2, 0.25) is 0 Å². The van der Waals surface area contributed by atoms with Gasteiger partial charge in [0.05, 0.1) is 13.2 Å². The molecule has 0 aliphatic rings. The summed E-state index contributed by atoms with van der Waals surface area (Å²) in [4.78, 5) is 30.0. The van der Waals surface area contributed by atoms with Crippen molar-refractivity contribution in [3.63, 3.8) is 0 Å². The minimum atomic E-state index is -0.666. The Hall–Kier alpha value is -2.76. The zero-order valence-electron chi connectivity index (χ0n) is 19.4. The molecule has 0 atom stereocenters. The molecule has 0 amide bonds. The number of carbonyl (C=O) groups is 2. The van der Waals surface area contributed by atoms with E-state index in [1.807, 2.05) is 68.3 Å². The summed E-state index contributed by atoms with van der Waals surface area (Å²) in [6, 6.07) is 9.51. The van der Waals surface area contributed by atoms with E-state index in [1.165, 1.54) is 0 Å². The van der Waals surface area contributed by atoms with Crippen molar-refractivity contribution in [2.24, 2.45) is 0 Å². The van der Waals surface area contributed by atoms with Crippen molar-refractivity contribution in [1.29, 1.82) is 0 Å². The fourth-order valence-corrected chi connectivity index (χ4v) is 3.41. The summed E-state index contributed by atoms with van der Waals surface area (Å²) >= 11 is 0. The van der Waals surface area contributed by atoms with Gasteiger partial charge in [-0.25, -0.2) is 9.59 Å². The third kappa shape index (κ3) is 6.65. The molecule has 0 aliphatic carbocycles. The van der Waals surface area contributed by atoms with Gasteiger partial charge in [0, 0.05) is 39.3 Å². The fourth-order valence-electron chi connectivity index (χ4n) is 3.41. The van der Waals surface area contributed by atoms with Crippen LogP contribution >= 0.6 is 0 Å². The van der Waals surface area contributed by atoms with Gasteiger partial charge in [0.15, 0.2) is 5.57 Å². The summed E-state index contributed by atoms with van der Waals surface area (Å²) in [6.07, 6.45) is 2.60. The van der Waals surface area contributed by atoms with Gasteiger partial charge in [-0.05, 0) is 32.3 Å². The molecule has 0 saturated heterocycles. The zero-order chi connectivity index (χ0) is 22.7. The Balaban J connectivity index is 4.05. The normalized spacial score (nSPS) is 10.1. The second-order valence-corrected chi connectivity index (χ2v) is 7.25. The van der Waals surface area contributed by atoms with Crippen molar-refractivity contribution in [1.82, 2.24) is 9.80 Å². The van der Waals surface area contributed by atoms with Crippen molar-refractivity contribution < 1.29 is 19.1 Å². The summed E-state index contributed by atoms with van der Waals surface area (Å²) < 4.78 is 10.6. The predicted molar refractivity (Wildman–Crippen MR) is 121 cm³/mol. The van der Waals surface area contributed by atoms with E-state index in [2.05, 4.69) is 6.92 Å². The maximum atomic E-state index is 13.0. The number of rotatable bonds is 11. The molecular formula is C24H36N2O4. The first-order valence-electron chi connectivity index (χ1n) is 10.5. The standard InChI is InChI=1S/C24H36N2O4/c1-8-11-17-19(22(25(4)5)26(6)7)20(18-15-13-12-14-16-18)21(23(27)29-9-2)24(28)30-10-3/h12-16H,8-11,17H2,1-7H3. The van der Waals surface area contributed by atoms with Crippen LogP contribution in [0.1, 0.15) is 45.6 Å². The molecule has 30 heavy (non-hydrogen) atoms. The third-order valence-electron chi connectivity index (χ3n) is 4.47. The molecule has 0 spiro atoms.